The first-order chi connectivity index (χ1) is 8.83. The van der Waals surface area contributed by atoms with Crippen LogP contribution in [0.2, 0.25) is 0 Å². The Morgan fingerprint density at radius 3 is 2.50 bits per heavy atom. The van der Waals surface area contributed by atoms with Crippen LogP contribution in [0.4, 0.5) is 0 Å². The molecule has 1 heterocycles. The molecule has 1 aromatic heterocycles. The molecule has 18 heavy (non-hydrogen) atoms. The molecular formula is C16H19NO. The van der Waals surface area contributed by atoms with Crippen LogP contribution < -0.4 is 0 Å². The average molecular weight is 241 g/mol. The average Bonchev–Trinajstić information content (AvgIpc) is 2.46. The van der Waals surface area contributed by atoms with Gasteiger partial charge in [-0.05, 0) is 36.1 Å². The van der Waals surface area contributed by atoms with Crippen molar-refractivity contribution in [2.24, 2.45) is 0 Å². The maximum absolute atomic E-state index is 9.12. The number of benzene rings is 1. The summed E-state index contributed by atoms with van der Waals surface area (Å²) >= 11 is 0. The van der Waals surface area contributed by atoms with Gasteiger partial charge in [0, 0.05) is 11.8 Å². The minimum atomic E-state index is 0.0596. The highest BCUT2D eigenvalue weighted by atomic mass is 16.3. The van der Waals surface area contributed by atoms with Crippen molar-refractivity contribution < 1.29 is 5.11 Å². The van der Waals surface area contributed by atoms with Gasteiger partial charge in [-0.2, -0.15) is 0 Å². The van der Waals surface area contributed by atoms with Crippen molar-refractivity contribution in [3.8, 4) is 11.3 Å². The molecule has 2 heteroatoms. The first-order valence-electron chi connectivity index (χ1n) is 6.48. The first-order valence-corrected chi connectivity index (χ1v) is 6.48. The second-order valence-electron chi connectivity index (χ2n) is 4.51. The fraction of sp³-hybridized carbons (Fsp3) is 0.312. The largest absolute Gasteiger partial charge is 0.392 e. The van der Waals surface area contributed by atoms with E-state index in [1.807, 2.05) is 12.1 Å². The van der Waals surface area contributed by atoms with Gasteiger partial charge in [0.05, 0.1) is 12.3 Å². The molecule has 0 saturated heterocycles. The van der Waals surface area contributed by atoms with Gasteiger partial charge in [-0.3, -0.25) is 4.98 Å². The molecule has 0 amide bonds. The highest BCUT2D eigenvalue weighted by molar-refractivity contribution is 5.60. The zero-order valence-corrected chi connectivity index (χ0v) is 10.8. The third-order valence-corrected chi connectivity index (χ3v) is 3.08. The molecule has 94 valence electrons. The summed E-state index contributed by atoms with van der Waals surface area (Å²) in [7, 11) is 0. The van der Waals surface area contributed by atoms with E-state index in [0.29, 0.717) is 0 Å². The second kappa shape index (κ2) is 6.31. The third-order valence-electron chi connectivity index (χ3n) is 3.08. The van der Waals surface area contributed by atoms with E-state index >= 15 is 0 Å². The zero-order chi connectivity index (χ0) is 12.8. The lowest BCUT2D eigenvalue weighted by molar-refractivity contribution is 0.282. The van der Waals surface area contributed by atoms with Gasteiger partial charge < -0.3 is 5.11 Å². The number of aryl methyl sites for hydroxylation is 1. The molecule has 0 atom stereocenters. The summed E-state index contributed by atoms with van der Waals surface area (Å²) in [5.41, 5.74) is 4.29. The van der Waals surface area contributed by atoms with Crippen LogP contribution >= 0.6 is 0 Å². The molecule has 0 aliphatic rings. The molecule has 1 N–H and O–H groups in total. The first kappa shape index (κ1) is 12.8. The van der Waals surface area contributed by atoms with Gasteiger partial charge in [-0.15, -0.1) is 0 Å². The Labute approximate surface area is 108 Å². The third kappa shape index (κ3) is 3.17. The van der Waals surface area contributed by atoms with E-state index in [0.717, 1.165) is 23.2 Å². The van der Waals surface area contributed by atoms with Crippen molar-refractivity contribution in [1.29, 1.82) is 0 Å². The Morgan fingerprint density at radius 2 is 1.83 bits per heavy atom. The number of hydrogen-bond acceptors (Lipinski definition) is 2. The van der Waals surface area contributed by atoms with Crippen molar-refractivity contribution >= 4 is 0 Å². The summed E-state index contributed by atoms with van der Waals surface area (Å²) < 4.78 is 0. The van der Waals surface area contributed by atoms with Gasteiger partial charge in [0.1, 0.15) is 0 Å². The van der Waals surface area contributed by atoms with E-state index in [2.05, 4.69) is 36.2 Å². The van der Waals surface area contributed by atoms with Crippen LogP contribution in [0.1, 0.15) is 30.9 Å². The Bertz CT molecular complexity index is 491. The van der Waals surface area contributed by atoms with Crippen LogP contribution in [-0.2, 0) is 13.0 Å². The smallest absolute Gasteiger partial charge is 0.0705 e. The maximum Gasteiger partial charge on any atom is 0.0705 e. The number of aliphatic hydroxyl groups is 1. The number of aromatic nitrogens is 1. The van der Waals surface area contributed by atoms with Crippen LogP contribution in [0, 0.1) is 0 Å². The van der Waals surface area contributed by atoms with E-state index in [1.54, 1.807) is 6.20 Å². The van der Waals surface area contributed by atoms with Gasteiger partial charge in [-0.1, -0.05) is 37.6 Å². The molecule has 0 aliphatic heterocycles. The molecule has 0 spiro atoms. The highest BCUT2D eigenvalue weighted by Gasteiger charge is 2.01. The minimum absolute atomic E-state index is 0.0596. The van der Waals surface area contributed by atoms with E-state index in [-0.39, 0.29) is 6.61 Å². The van der Waals surface area contributed by atoms with E-state index in [9.17, 15) is 0 Å². The number of unbranched alkanes of at least 4 members (excludes halogenated alkanes) is 1. The molecule has 0 bridgehead atoms. The lowest BCUT2D eigenvalue weighted by Crippen LogP contribution is -1.89. The number of aliphatic hydroxyl groups excluding tert-OH is 1. The Kier molecular flexibility index (Phi) is 4.48. The van der Waals surface area contributed by atoms with Crippen LogP contribution in [0.5, 0.6) is 0 Å². The summed E-state index contributed by atoms with van der Waals surface area (Å²) in [6.45, 7) is 2.27. The van der Waals surface area contributed by atoms with Crippen molar-refractivity contribution in [2.45, 2.75) is 32.8 Å². The Morgan fingerprint density at radius 1 is 1.06 bits per heavy atom. The van der Waals surface area contributed by atoms with Gasteiger partial charge in [0.2, 0.25) is 0 Å². The monoisotopic (exact) mass is 241 g/mol. The number of rotatable bonds is 5. The molecule has 1 aromatic carbocycles. The molecule has 0 unspecified atom stereocenters. The molecule has 2 rings (SSSR count). The Hall–Kier alpha value is -1.67. The summed E-state index contributed by atoms with van der Waals surface area (Å²) in [6, 6.07) is 12.3. The SMILES string of the molecule is CCCCc1ccc(-c2cc(CO)ccn2)cc1. The maximum atomic E-state index is 9.12. The topological polar surface area (TPSA) is 33.1 Å². The minimum Gasteiger partial charge on any atom is -0.392 e. The van der Waals surface area contributed by atoms with E-state index in [1.165, 1.54) is 18.4 Å². The quantitative estimate of drug-likeness (QED) is 0.868. The molecular weight excluding hydrogens is 222 g/mol. The normalized spacial score (nSPS) is 10.6. The zero-order valence-electron chi connectivity index (χ0n) is 10.8. The molecule has 0 radical (unpaired) electrons. The summed E-state index contributed by atoms with van der Waals surface area (Å²) in [5, 5.41) is 9.12. The number of hydrogen-bond donors (Lipinski definition) is 1. The van der Waals surface area contributed by atoms with Crippen LogP contribution in [-0.4, -0.2) is 10.1 Å². The fourth-order valence-electron chi connectivity index (χ4n) is 1.95. The number of nitrogens with zero attached hydrogens (tertiary/aromatic N) is 1. The lowest BCUT2D eigenvalue weighted by Gasteiger charge is -2.05. The molecule has 0 fully saturated rings. The van der Waals surface area contributed by atoms with Crippen molar-refractivity contribution in [2.75, 3.05) is 0 Å². The molecule has 2 nitrogen and oxygen atoms in total. The molecule has 2 aromatic rings. The van der Waals surface area contributed by atoms with Crippen molar-refractivity contribution in [3.05, 3.63) is 53.7 Å². The summed E-state index contributed by atoms with van der Waals surface area (Å²) in [6.07, 6.45) is 5.34. The molecule has 0 saturated carbocycles. The van der Waals surface area contributed by atoms with Crippen molar-refractivity contribution in [3.63, 3.8) is 0 Å². The number of pyridine rings is 1. The van der Waals surface area contributed by atoms with Gasteiger partial charge in [0.15, 0.2) is 0 Å². The predicted octanol–water partition coefficient (Wildman–Crippen LogP) is 3.58. The lowest BCUT2D eigenvalue weighted by atomic mass is 10.0. The Balaban J connectivity index is 2.17. The predicted molar refractivity (Wildman–Crippen MR) is 74.2 cm³/mol. The van der Waals surface area contributed by atoms with E-state index < -0.39 is 0 Å². The summed E-state index contributed by atoms with van der Waals surface area (Å²) in [5.74, 6) is 0. The van der Waals surface area contributed by atoms with Crippen LogP contribution in [0.3, 0.4) is 0 Å². The molecule has 0 aliphatic carbocycles. The van der Waals surface area contributed by atoms with Gasteiger partial charge >= 0.3 is 0 Å². The standard InChI is InChI=1S/C16H19NO/c1-2-3-4-13-5-7-15(8-6-13)16-11-14(12-18)9-10-17-16/h5-11,18H,2-4,12H2,1H3. The highest BCUT2D eigenvalue weighted by Crippen LogP contribution is 2.19. The van der Waals surface area contributed by atoms with E-state index in [4.69, 9.17) is 5.11 Å². The van der Waals surface area contributed by atoms with Crippen molar-refractivity contribution in [1.82, 2.24) is 4.98 Å². The second-order valence-corrected chi connectivity index (χ2v) is 4.51. The summed E-state index contributed by atoms with van der Waals surface area (Å²) in [4.78, 5) is 4.34. The fourth-order valence-corrected chi connectivity index (χ4v) is 1.95. The van der Waals surface area contributed by atoms with Crippen LogP contribution in [0.25, 0.3) is 11.3 Å². The van der Waals surface area contributed by atoms with Gasteiger partial charge in [-0.25, -0.2) is 0 Å². The van der Waals surface area contributed by atoms with Gasteiger partial charge in [0.25, 0.3) is 0 Å². The van der Waals surface area contributed by atoms with Crippen LogP contribution in [0.15, 0.2) is 42.6 Å².